The van der Waals surface area contributed by atoms with Crippen molar-refractivity contribution in [2.45, 2.75) is 44.8 Å². The predicted molar refractivity (Wildman–Crippen MR) is 112 cm³/mol. The van der Waals surface area contributed by atoms with E-state index in [0.717, 1.165) is 12.0 Å². The molecule has 0 radical (unpaired) electrons. The first-order valence-corrected chi connectivity index (χ1v) is 9.90. The number of rotatable bonds is 11. The lowest BCUT2D eigenvalue weighted by Crippen LogP contribution is -2.48. The van der Waals surface area contributed by atoms with E-state index < -0.39 is 30.1 Å². The Morgan fingerprint density at radius 1 is 1.35 bits per heavy atom. The van der Waals surface area contributed by atoms with Crippen LogP contribution in [0.2, 0.25) is 0 Å². The van der Waals surface area contributed by atoms with E-state index in [1.807, 2.05) is 6.92 Å². The van der Waals surface area contributed by atoms with Gasteiger partial charge in [-0.1, -0.05) is 42.8 Å². The second-order valence-electron chi connectivity index (χ2n) is 6.99. The second-order valence-corrected chi connectivity index (χ2v) is 6.99. The zero-order valence-corrected chi connectivity index (χ0v) is 17.2. The molecule has 0 fully saturated rings. The summed E-state index contributed by atoms with van der Waals surface area (Å²) in [7, 11) is 0. The smallest absolute Gasteiger partial charge is 0.407 e. The molecule has 1 aromatic carbocycles. The molecular formula is C20H27N5O6. The predicted octanol–water partition coefficient (Wildman–Crippen LogP) is 0.949. The van der Waals surface area contributed by atoms with Crippen LogP contribution in [0.4, 0.5) is 4.79 Å². The minimum absolute atomic E-state index is 0.0220. The fourth-order valence-electron chi connectivity index (χ4n) is 2.74. The molecule has 2 atom stereocenters. The number of carbonyl (C=O) groups is 3. The maximum Gasteiger partial charge on any atom is 0.407 e. The summed E-state index contributed by atoms with van der Waals surface area (Å²) in [6.07, 6.45) is 0.558. The SMILES string of the molecule is CCCCOC(=O)N[C@H](CNC(=O)C[C@@H]1CC(c2ccc(C(=N)N)cc2)=NO1)C(=O)O. The van der Waals surface area contributed by atoms with Gasteiger partial charge in [-0.15, -0.1) is 0 Å². The van der Waals surface area contributed by atoms with E-state index in [9.17, 15) is 19.5 Å². The number of hydrogen-bond acceptors (Lipinski definition) is 7. The van der Waals surface area contributed by atoms with Crippen LogP contribution in [-0.2, 0) is 19.2 Å². The summed E-state index contributed by atoms with van der Waals surface area (Å²) < 4.78 is 4.87. The van der Waals surface area contributed by atoms with E-state index in [-0.39, 0.29) is 25.4 Å². The topological polar surface area (TPSA) is 176 Å². The zero-order valence-electron chi connectivity index (χ0n) is 17.2. The second kappa shape index (κ2) is 11.5. The van der Waals surface area contributed by atoms with E-state index >= 15 is 0 Å². The minimum atomic E-state index is -1.31. The van der Waals surface area contributed by atoms with E-state index in [4.69, 9.17) is 20.7 Å². The van der Waals surface area contributed by atoms with Gasteiger partial charge in [0.1, 0.15) is 18.0 Å². The van der Waals surface area contributed by atoms with Crippen molar-refractivity contribution in [2.75, 3.05) is 13.2 Å². The molecule has 1 aromatic rings. The van der Waals surface area contributed by atoms with Crippen LogP contribution in [0.25, 0.3) is 0 Å². The third-order valence-corrected chi connectivity index (χ3v) is 4.50. The number of carboxylic acids is 1. The average molecular weight is 433 g/mol. The quantitative estimate of drug-likeness (QED) is 0.196. The average Bonchev–Trinajstić information content (AvgIpc) is 3.19. The minimum Gasteiger partial charge on any atom is -0.480 e. The number of nitrogens with one attached hydrogen (secondary N) is 3. The molecule has 0 unspecified atom stereocenters. The Bertz CT molecular complexity index is 839. The van der Waals surface area contributed by atoms with Crippen molar-refractivity contribution in [2.24, 2.45) is 10.9 Å². The molecule has 1 aliphatic rings. The first-order chi connectivity index (χ1) is 14.8. The third kappa shape index (κ3) is 7.61. The maximum absolute atomic E-state index is 12.2. The highest BCUT2D eigenvalue weighted by atomic mass is 16.6. The van der Waals surface area contributed by atoms with Gasteiger partial charge in [0.2, 0.25) is 5.91 Å². The van der Waals surface area contributed by atoms with Crippen molar-refractivity contribution >= 4 is 29.5 Å². The van der Waals surface area contributed by atoms with Gasteiger partial charge < -0.3 is 31.0 Å². The highest BCUT2D eigenvalue weighted by Crippen LogP contribution is 2.19. The Morgan fingerprint density at radius 3 is 2.68 bits per heavy atom. The molecule has 0 bridgehead atoms. The molecule has 0 aromatic heterocycles. The van der Waals surface area contributed by atoms with Gasteiger partial charge in [0.15, 0.2) is 0 Å². The monoisotopic (exact) mass is 433 g/mol. The molecule has 168 valence electrons. The van der Waals surface area contributed by atoms with Crippen LogP contribution in [0.1, 0.15) is 43.7 Å². The fourth-order valence-corrected chi connectivity index (χ4v) is 2.74. The number of nitrogens with zero attached hydrogens (tertiary/aromatic N) is 1. The van der Waals surface area contributed by atoms with Crippen LogP contribution in [0, 0.1) is 5.41 Å². The van der Waals surface area contributed by atoms with Gasteiger partial charge in [0.25, 0.3) is 0 Å². The number of nitrogens with two attached hydrogens (primary N) is 1. The largest absolute Gasteiger partial charge is 0.480 e. The van der Waals surface area contributed by atoms with Crippen LogP contribution < -0.4 is 16.4 Å². The summed E-state index contributed by atoms with van der Waals surface area (Å²) in [5, 5.41) is 25.3. The molecule has 0 saturated carbocycles. The Morgan fingerprint density at radius 2 is 2.06 bits per heavy atom. The first kappa shape index (κ1) is 23.6. The number of carbonyl (C=O) groups excluding carboxylic acids is 2. The van der Waals surface area contributed by atoms with E-state index in [1.54, 1.807) is 24.3 Å². The number of ether oxygens (including phenoxy) is 1. The summed E-state index contributed by atoms with van der Waals surface area (Å²) >= 11 is 0. The van der Waals surface area contributed by atoms with Crippen molar-refractivity contribution < 1.29 is 29.1 Å². The number of benzene rings is 1. The van der Waals surface area contributed by atoms with Crippen LogP contribution in [-0.4, -0.2) is 59.9 Å². The Balaban J connectivity index is 1.77. The molecule has 1 aliphatic heterocycles. The molecule has 31 heavy (non-hydrogen) atoms. The zero-order chi connectivity index (χ0) is 22.8. The highest BCUT2D eigenvalue weighted by Gasteiger charge is 2.26. The molecule has 11 nitrogen and oxygen atoms in total. The third-order valence-electron chi connectivity index (χ3n) is 4.50. The van der Waals surface area contributed by atoms with E-state index in [0.29, 0.717) is 24.1 Å². The van der Waals surface area contributed by atoms with Crippen molar-refractivity contribution in [1.82, 2.24) is 10.6 Å². The van der Waals surface area contributed by atoms with Crippen molar-refractivity contribution in [3.05, 3.63) is 35.4 Å². The van der Waals surface area contributed by atoms with Crippen molar-refractivity contribution in [3.63, 3.8) is 0 Å². The number of nitrogen functional groups attached to an aromatic ring is 1. The van der Waals surface area contributed by atoms with Gasteiger partial charge in [-0.05, 0) is 12.0 Å². The summed E-state index contributed by atoms with van der Waals surface area (Å²) in [5.74, 6) is -1.75. The molecule has 0 aliphatic carbocycles. The van der Waals surface area contributed by atoms with Crippen LogP contribution in [0.5, 0.6) is 0 Å². The highest BCUT2D eigenvalue weighted by molar-refractivity contribution is 6.02. The summed E-state index contributed by atoms with van der Waals surface area (Å²) in [5.41, 5.74) is 7.48. The number of carboxylic acid groups (broad SMARTS) is 1. The molecule has 0 spiro atoms. The standard InChI is InChI=1S/C20H27N5O6/c1-2-3-8-30-20(29)24-16(19(27)28)11-23-17(26)10-14-9-15(25-31-14)12-4-6-13(7-5-12)18(21)22/h4-7,14,16H,2-3,8-11H2,1H3,(H3,21,22)(H,23,26)(H,24,29)(H,27,28)/t14-,16+/m0/s1. The number of aliphatic carboxylic acids is 1. The molecule has 6 N–H and O–H groups in total. The van der Waals surface area contributed by atoms with Crippen molar-refractivity contribution in [1.29, 1.82) is 5.41 Å². The molecule has 0 saturated heterocycles. The van der Waals surface area contributed by atoms with Crippen LogP contribution in [0.15, 0.2) is 29.4 Å². The normalized spacial score (nSPS) is 15.9. The number of amidine groups is 1. The molecule has 2 rings (SSSR count). The lowest BCUT2D eigenvalue weighted by molar-refractivity contribution is -0.139. The molecule has 2 amide bonds. The van der Waals surface area contributed by atoms with Crippen LogP contribution >= 0.6 is 0 Å². The van der Waals surface area contributed by atoms with Crippen LogP contribution in [0.3, 0.4) is 0 Å². The Labute approximate surface area is 179 Å². The maximum atomic E-state index is 12.2. The first-order valence-electron chi connectivity index (χ1n) is 9.90. The van der Waals surface area contributed by atoms with E-state index in [1.165, 1.54) is 0 Å². The summed E-state index contributed by atoms with van der Waals surface area (Å²) in [6, 6.07) is 5.63. The Kier molecular flexibility index (Phi) is 8.79. The lowest BCUT2D eigenvalue weighted by atomic mass is 10.0. The number of oxime groups is 1. The number of alkyl carbamates (subject to hydrolysis) is 1. The van der Waals surface area contributed by atoms with E-state index in [2.05, 4.69) is 15.8 Å². The van der Waals surface area contributed by atoms with Gasteiger partial charge in [-0.2, -0.15) is 0 Å². The van der Waals surface area contributed by atoms with Gasteiger partial charge in [-0.3, -0.25) is 10.2 Å². The van der Waals surface area contributed by atoms with Gasteiger partial charge in [0.05, 0.1) is 18.7 Å². The number of hydrogen-bond donors (Lipinski definition) is 5. The van der Waals surface area contributed by atoms with Gasteiger partial charge in [-0.25, -0.2) is 9.59 Å². The Hall–Kier alpha value is -3.63. The molecule has 11 heteroatoms. The van der Waals surface area contributed by atoms with Gasteiger partial charge in [0, 0.05) is 18.5 Å². The van der Waals surface area contributed by atoms with Gasteiger partial charge >= 0.3 is 12.1 Å². The van der Waals surface area contributed by atoms with Crippen molar-refractivity contribution in [3.8, 4) is 0 Å². The lowest BCUT2D eigenvalue weighted by Gasteiger charge is -2.16. The molecule has 1 heterocycles. The summed E-state index contributed by atoms with van der Waals surface area (Å²) in [4.78, 5) is 40.4. The number of unbranched alkanes of at least 4 members (excludes halogenated alkanes) is 1. The fraction of sp³-hybridized carbons (Fsp3) is 0.450. The summed E-state index contributed by atoms with van der Waals surface area (Å²) in [6.45, 7) is 1.84. The molecular weight excluding hydrogens is 406 g/mol. The number of amides is 2.